The predicted octanol–water partition coefficient (Wildman–Crippen LogP) is 4.57. The topological polar surface area (TPSA) is 73.2 Å². The summed E-state index contributed by atoms with van der Waals surface area (Å²) in [6.07, 6.45) is 0. The molecule has 0 aliphatic heterocycles. The largest absolute Gasteiger partial charge is 0.494 e. The fraction of sp³-hybridized carbons (Fsp3) is 0.160. The van der Waals surface area contributed by atoms with Gasteiger partial charge in [-0.2, -0.15) is 0 Å². The quantitative estimate of drug-likeness (QED) is 0.532. The lowest BCUT2D eigenvalue weighted by atomic mass is 10.1. The van der Waals surface area contributed by atoms with Crippen molar-refractivity contribution in [1.29, 1.82) is 0 Å². The highest BCUT2D eigenvalue weighted by atomic mass is 16.5. The van der Waals surface area contributed by atoms with Crippen LogP contribution in [0, 0.1) is 20.8 Å². The lowest BCUT2D eigenvalue weighted by Crippen LogP contribution is -2.22. The number of ether oxygens (including phenoxy) is 1. The first-order chi connectivity index (χ1) is 14.9. The summed E-state index contributed by atoms with van der Waals surface area (Å²) >= 11 is 0. The minimum atomic E-state index is -0.227. The van der Waals surface area contributed by atoms with Crippen LogP contribution in [0.2, 0.25) is 0 Å². The number of aryl methyl sites for hydroxylation is 3. The van der Waals surface area contributed by atoms with Crippen molar-refractivity contribution in [3.05, 3.63) is 93.5 Å². The molecular weight excluding hydrogens is 390 g/mol. The lowest BCUT2D eigenvalue weighted by Gasteiger charge is -2.15. The van der Waals surface area contributed by atoms with Crippen LogP contribution in [0.15, 0.2) is 65.5 Å². The molecule has 1 N–H and O–H groups in total. The summed E-state index contributed by atoms with van der Waals surface area (Å²) < 4.78 is 7.05. The summed E-state index contributed by atoms with van der Waals surface area (Å²) in [6.45, 7) is 5.76. The summed E-state index contributed by atoms with van der Waals surface area (Å²) in [6, 6.07) is 18.0. The number of methoxy groups -OCH3 is 1. The Balaban J connectivity index is 1.72. The SMILES string of the molecule is COc1cc(-n2c(C)nc3ccccc3c2=O)ccc1NC(=O)c1ccc(C)c(C)c1. The summed E-state index contributed by atoms with van der Waals surface area (Å²) in [5, 5.41) is 3.44. The highest BCUT2D eigenvalue weighted by molar-refractivity contribution is 6.05. The third-order valence-electron chi connectivity index (χ3n) is 5.40. The van der Waals surface area contributed by atoms with E-state index in [1.165, 1.54) is 7.11 Å². The second-order valence-corrected chi connectivity index (χ2v) is 7.45. The van der Waals surface area contributed by atoms with Gasteiger partial charge in [-0.3, -0.25) is 14.2 Å². The fourth-order valence-corrected chi connectivity index (χ4v) is 3.55. The molecule has 0 saturated carbocycles. The summed E-state index contributed by atoms with van der Waals surface area (Å²) in [5.41, 5.74) is 4.38. The minimum Gasteiger partial charge on any atom is -0.494 e. The number of nitrogens with one attached hydrogen (secondary N) is 1. The molecule has 156 valence electrons. The molecular formula is C25H23N3O3. The standard InChI is InChI=1S/C25H23N3O3/c1-15-9-10-18(13-16(15)2)24(29)27-22-12-11-19(14-23(22)31-4)28-17(3)26-21-8-6-5-7-20(21)25(28)30/h5-14H,1-4H3,(H,27,29). The summed E-state index contributed by atoms with van der Waals surface area (Å²) in [7, 11) is 1.53. The van der Waals surface area contributed by atoms with Crippen molar-refractivity contribution < 1.29 is 9.53 Å². The zero-order valence-corrected chi connectivity index (χ0v) is 17.9. The Hall–Kier alpha value is -3.93. The average Bonchev–Trinajstić information content (AvgIpc) is 2.76. The van der Waals surface area contributed by atoms with E-state index in [1.807, 2.05) is 44.2 Å². The molecule has 4 rings (SSSR count). The van der Waals surface area contributed by atoms with E-state index in [9.17, 15) is 9.59 Å². The second-order valence-electron chi connectivity index (χ2n) is 7.45. The number of carbonyl (C=O) groups excluding carboxylic acids is 1. The van der Waals surface area contributed by atoms with Crippen molar-refractivity contribution in [2.75, 3.05) is 12.4 Å². The van der Waals surface area contributed by atoms with E-state index in [0.29, 0.717) is 39.4 Å². The van der Waals surface area contributed by atoms with Crippen molar-refractivity contribution in [2.24, 2.45) is 0 Å². The highest BCUT2D eigenvalue weighted by Gasteiger charge is 2.14. The van der Waals surface area contributed by atoms with Crippen molar-refractivity contribution in [2.45, 2.75) is 20.8 Å². The van der Waals surface area contributed by atoms with Crippen LogP contribution in [0.3, 0.4) is 0 Å². The number of amides is 1. The van der Waals surface area contributed by atoms with Crippen LogP contribution in [0.4, 0.5) is 5.69 Å². The van der Waals surface area contributed by atoms with Crippen LogP contribution in [0.25, 0.3) is 16.6 Å². The number of aromatic nitrogens is 2. The monoisotopic (exact) mass is 413 g/mol. The molecule has 0 saturated heterocycles. The maximum absolute atomic E-state index is 13.1. The number of para-hydroxylation sites is 1. The van der Waals surface area contributed by atoms with Gasteiger partial charge in [-0.05, 0) is 68.3 Å². The molecule has 0 aliphatic carbocycles. The number of anilines is 1. The number of fused-ring (bicyclic) bond motifs is 1. The molecule has 1 aromatic heterocycles. The molecule has 4 aromatic rings. The Bertz CT molecular complexity index is 1370. The molecule has 0 bridgehead atoms. The van der Waals surface area contributed by atoms with Gasteiger partial charge in [0.1, 0.15) is 11.6 Å². The zero-order chi connectivity index (χ0) is 22.1. The Labute approximate surface area is 180 Å². The van der Waals surface area contributed by atoms with E-state index in [2.05, 4.69) is 10.3 Å². The minimum absolute atomic E-state index is 0.155. The van der Waals surface area contributed by atoms with Crippen LogP contribution < -0.4 is 15.6 Å². The van der Waals surface area contributed by atoms with Gasteiger partial charge in [0.2, 0.25) is 0 Å². The zero-order valence-electron chi connectivity index (χ0n) is 17.9. The van der Waals surface area contributed by atoms with Gasteiger partial charge in [0.25, 0.3) is 11.5 Å². The number of rotatable bonds is 4. The lowest BCUT2D eigenvalue weighted by molar-refractivity contribution is 0.102. The normalized spacial score (nSPS) is 10.8. The van der Waals surface area contributed by atoms with Gasteiger partial charge in [0, 0.05) is 11.6 Å². The summed E-state index contributed by atoms with van der Waals surface area (Å²) in [5.74, 6) is 0.793. The Morgan fingerprint density at radius 2 is 1.74 bits per heavy atom. The van der Waals surface area contributed by atoms with Gasteiger partial charge in [-0.15, -0.1) is 0 Å². The molecule has 31 heavy (non-hydrogen) atoms. The average molecular weight is 413 g/mol. The van der Waals surface area contributed by atoms with Gasteiger partial charge in [-0.25, -0.2) is 4.98 Å². The highest BCUT2D eigenvalue weighted by Crippen LogP contribution is 2.28. The maximum Gasteiger partial charge on any atom is 0.265 e. The molecule has 3 aromatic carbocycles. The van der Waals surface area contributed by atoms with E-state index < -0.39 is 0 Å². The van der Waals surface area contributed by atoms with E-state index in [-0.39, 0.29) is 11.5 Å². The second kappa shape index (κ2) is 8.07. The smallest absolute Gasteiger partial charge is 0.265 e. The van der Waals surface area contributed by atoms with Crippen molar-refractivity contribution in [1.82, 2.24) is 9.55 Å². The van der Waals surface area contributed by atoms with Gasteiger partial charge in [0.15, 0.2) is 0 Å². The number of hydrogen-bond donors (Lipinski definition) is 1. The van der Waals surface area contributed by atoms with Gasteiger partial charge in [0.05, 0.1) is 29.4 Å². The number of benzene rings is 3. The molecule has 0 aliphatic rings. The molecule has 0 spiro atoms. The third-order valence-corrected chi connectivity index (χ3v) is 5.40. The first-order valence-electron chi connectivity index (χ1n) is 9.94. The first-order valence-corrected chi connectivity index (χ1v) is 9.94. The molecule has 0 fully saturated rings. The van der Waals surface area contributed by atoms with Crippen LogP contribution in [0.5, 0.6) is 5.75 Å². The van der Waals surface area contributed by atoms with Gasteiger partial charge < -0.3 is 10.1 Å². The van der Waals surface area contributed by atoms with E-state index in [0.717, 1.165) is 11.1 Å². The van der Waals surface area contributed by atoms with Crippen molar-refractivity contribution >= 4 is 22.5 Å². The van der Waals surface area contributed by atoms with Crippen LogP contribution in [-0.4, -0.2) is 22.6 Å². The molecule has 1 amide bonds. The predicted molar refractivity (Wildman–Crippen MR) is 122 cm³/mol. The molecule has 6 nitrogen and oxygen atoms in total. The van der Waals surface area contributed by atoms with Crippen LogP contribution in [-0.2, 0) is 0 Å². The maximum atomic E-state index is 13.1. The van der Waals surface area contributed by atoms with Crippen molar-refractivity contribution in [3.63, 3.8) is 0 Å². The van der Waals surface area contributed by atoms with Gasteiger partial charge >= 0.3 is 0 Å². The van der Waals surface area contributed by atoms with Crippen molar-refractivity contribution in [3.8, 4) is 11.4 Å². The molecule has 0 atom stereocenters. The molecule has 0 radical (unpaired) electrons. The molecule has 6 heteroatoms. The fourth-order valence-electron chi connectivity index (χ4n) is 3.55. The first kappa shape index (κ1) is 20.3. The third kappa shape index (κ3) is 3.80. The Kier molecular flexibility index (Phi) is 5.29. The van der Waals surface area contributed by atoms with Crippen LogP contribution >= 0.6 is 0 Å². The Morgan fingerprint density at radius 3 is 2.48 bits per heavy atom. The molecule has 0 unspecified atom stereocenters. The molecule has 1 heterocycles. The summed E-state index contributed by atoms with van der Waals surface area (Å²) in [4.78, 5) is 30.3. The number of hydrogen-bond acceptors (Lipinski definition) is 4. The van der Waals surface area contributed by atoms with E-state index in [1.54, 1.807) is 41.8 Å². The van der Waals surface area contributed by atoms with E-state index >= 15 is 0 Å². The van der Waals surface area contributed by atoms with Gasteiger partial charge in [-0.1, -0.05) is 18.2 Å². The van der Waals surface area contributed by atoms with E-state index in [4.69, 9.17) is 4.74 Å². The van der Waals surface area contributed by atoms with Crippen LogP contribution in [0.1, 0.15) is 27.3 Å². The number of carbonyl (C=O) groups is 1. The Morgan fingerprint density at radius 1 is 0.968 bits per heavy atom. The number of nitrogens with zero attached hydrogens (tertiary/aromatic N) is 2.